The first-order valence-corrected chi connectivity index (χ1v) is 8.05. The molecule has 2 aliphatic rings. The van der Waals surface area contributed by atoms with Crippen molar-refractivity contribution in [1.82, 2.24) is 4.90 Å². The molecule has 1 aliphatic carbocycles. The molecule has 0 amide bonds. The van der Waals surface area contributed by atoms with Gasteiger partial charge in [0.15, 0.2) is 0 Å². The number of likely N-dealkylation sites (tertiary alicyclic amines) is 1. The molecule has 1 aromatic rings. The highest BCUT2D eigenvalue weighted by Gasteiger charge is 2.53. The number of piperidine rings is 1. The van der Waals surface area contributed by atoms with Gasteiger partial charge in [0.1, 0.15) is 5.75 Å². The number of likely N-dealkylation sites (N-methyl/N-ethyl adjacent to an activating group) is 1. The van der Waals surface area contributed by atoms with E-state index in [4.69, 9.17) is 4.74 Å². The molecule has 0 spiro atoms. The van der Waals surface area contributed by atoms with Gasteiger partial charge in [0.2, 0.25) is 0 Å². The van der Waals surface area contributed by atoms with Crippen molar-refractivity contribution >= 4 is 0 Å². The van der Waals surface area contributed by atoms with Crippen LogP contribution in [0.2, 0.25) is 0 Å². The largest absolute Gasteiger partial charge is 0.497 e. The van der Waals surface area contributed by atoms with E-state index in [1.807, 2.05) is 0 Å². The van der Waals surface area contributed by atoms with Gasteiger partial charge < -0.3 is 9.64 Å². The summed E-state index contributed by atoms with van der Waals surface area (Å²) in [6.07, 6.45) is 5.06. The number of ether oxygens (including phenoxy) is 1. The summed E-state index contributed by atoms with van der Waals surface area (Å²) in [6.45, 7) is 5.99. The van der Waals surface area contributed by atoms with Crippen LogP contribution in [0.15, 0.2) is 18.2 Å². The van der Waals surface area contributed by atoms with Gasteiger partial charge in [-0.2, -0.15) is 0 Å². The van der Waals surface area contributed by atoms with Crippen LogP contribution in [0.1, 0.15) is 44.2 Å². The van der Waals surface area contributed by atoms with Crippen molar-refractivity contribution in [2.75, 3.05) is 20.7 Å². The molecule has 110 valence electrons. The number of benzene rings is 1. The van der Waals surface area contributed by atoms with E-state index in [0.717, 1.165) is 11.7 Å². The van der Waals surface area contributed by atoms with E-state index in [9.17, 15) is 0 Å². The number of rotatable bonds is 3. The summed E-state index contributed by atoms with van der Waals surface area (Å²) in [6, 6.07) is 7.42. The normalized spacial score (nSPS) is 32.8. The van der Waals surface area contributed by atoms with Gasteiger partial charge in [0.05, 0.1) is 7.11 Å². The summed E-state index contributed by atoms with van der Waals surface area (Å²) in [5.74, 6) is 1.82. The molecule has 1 aliphatic heterocycles. The molecule has 1 saturated heterocycles. The molecular weight excluding hydrogens is 246 g/mol. The molecule has 2 nitrogen and oxygen atoms in total. The van der Waals surface area contributed by atoms with Crippen molar-refractivity contribution in [3.63, 3.8) is 0 Å². The quantitative estimate of drug-likeness (QED) is 0.834. The van der Waals surface area contributed by atoms with Crippen molar-refractivity contribution in [2.45, 2.75) is 51.0 Å². The highest BCUT2D eigenvalue weighted by molar-refractivity contribution is 5.48. The van der Waals surface area contributed by atoms with Gasteiger partial charge in [-0.1, -0.05) is 26.3 Å². The fraction of sp³-hybridized carbons (Fsp3) is 0.667. The molecule has 3 unspecified atom stereocenters. The SMILES string of the molecule is CCC1CCN(C)C2Cc3ccc(OC)cc3C12CC. The summed E-state index contributed by atoms with van der Waals surface area (Å²) in [5, 5.41) is 0. The highest BCUT2D eigenvalue weighted by Crippen LogP contribution is 2.53. The molecule has 2 heteroatoms. The van der Waals surface area contributed by atoms with Crippen LogP contribution in [0.5, 0.6) is 5.75 Å². The third-order valence-corrected chi connectivity index (χ3v) is 6.00. The van der Waals surface area contributed by atoms with Crippen LogP contribution in [-0.2, 0) is 11.8 Å². The Labute approximate surface area is 123 Å². The monoisotopic (exact) mass is 273 g/mol. The number of methoxy groups -OCH3 is 1. The summed E-state index contributed by atoms with van der Waals surface area (Å²) in [7, 11) is 4.08. The maximum absolute atomic E-state index is 5.49. The maximum atomic E-state index is 5.49. The fourth-order valence-electron chi connectivity index (χ4n) is 4.96. The minimum atomic E-state index is 0.339. The Morgan fingerprint density at radius 2 is 2.15 bits per heavy atom. The lowest BCUT2D eigenvalue weighted by molar-refractivity contribution is 0.0438. The molecule has 3 atom stereocenters. The molecule has 0 aromatic heterocycles. The fourth-order valence-corrected chi connectivity index (χ4v) is 4.96. The first-order valence-electron chi connectivity index (χ1n) is 8.05. The average molecular weight is 273 g/mol. The topological polar surface area (TPSA) is 12.5 Å². The number of hydrogen-bond acceptors (Lipinski definition) is 2. The summed E-state index contributed by atoms with van der Waals surface area (Å²) >= 11 is 0. The standard InChI is InChI=1S/C18H27NO/c1-5-14-9-10-19(3)17-11-13-7-8-15(20-4)12-16(13)18(14,17)6-2/h7-8,12,14,17H,5-6,9-11H2,1-4H3. The Morgan fingerprint density at radius 1 is 1.35 bits per heavy atom. The smallest absolute Gasteiger partial charge is 0.119 e. The first-order chi connectivity index (χ1) is 9.67. The molecule has 0 bridgehead atoms. The van der Waals surface area contributed by atoms with Crippen LogP contribution < -0.4 is 4.74 Å². The second kappa shape index (κ2) is 5.07. The van der Waals surface area contributed by atoms with Crippen LogP contribution in [-0.4, -0.2) is 31.6 Å². The molecule has 0 radical (unpaired) electrons. The molecule has 0 saturated carbocycles. The first kappa shape index (κ1) is 13.9. The molecular formula is C18H27NO. The molecule has 1 heterocycles. The minimum absolute atomic E-state index is 0.339. The lowest BCUT2D eigenvalue weighted by Crippen LogP contribution is -2.55. The summed E-state index contributed by atoms with van der Waals surface area (Å²) in [4.78, 5) is 2.60. The molecule has 1 fully saturated rings. The van der Waals surface area contributed by atoms with Gasteiger partial charge in [-0.25, -0.2) is 0 Å². The van der Waals surface area contributed by atoms with E-state index >= 15 is 0 Å². The zero-order valence-corrected chi connectivity index (χ0v) is 13.3. The van der Waals surface area contributed by atoms with E-state index in [1.54, 1.807) is 18.2 Å². The molecule has 3 rings (SSSR count). The maximum Gasteiger partial charge on any atom is 0.119 e. The lowest BCUT2D eigenvalue weighted by Gasteiger charge is -2.50. The third kappa shape index (κ3) is 1.74. The molecule has 0 N–H and O–H groups in total. The van der Waals surface area contributed by atoms with E-state index in [2.05, 4.69) is 44.0 Å². The van der Waals surface area contributed by atoms with E-state index in [0.29, 0.717) is 11.5 Å². The zero-order chi connectivity index (χ0) is 14.3. The van der Waals surface area contributed by atoms with Gasteiger partial charge >= 0.3 is 0 Å². The zero-order valence-electron chi connectivity index (χ0n) is 13.3. The van der Waals surface area contributed by atoms with Gasteiger partial charge in [0, 0.05) is 11.5 Å². The van der Waals surface area contributed by atoms with Crippen molar-refractivity contribution in [3.05, 3.63) is 29.3 Å². The van der Waals surface area contributed by atoms with E-state index < -0.39 is 0 Å². The molecule has 20 heavy (non-hydrogen) atoms. The van der Waals surface area contributed by atoms with Crippen molar-refractivity contribution < 1.29 is 4.74 Å². The van der Waals surface area contributed by atoms with E-state index in [-0.39, 0.29) is 0 Å². The van der Waals surface area contributed by atoms with Crippen molar-refractivity contribution in [2.24, 2.45) is 5.92 Å². The second-order valence-electron chi connectivity index (χ2n) is 6.51. The number of nitrogens with zero attached hydrogens (tertiary/aromatic N) is 1. The highest BCUT2D eigenvalue weighted by atomic mass is 16.5. The van der Waals surface area contributed by atoms with Gasteiger partial charge in [0.25, 0.3) is 0 Å². The number of fused-ring (bicyclic) bond motifs is 3. The van der Waals surface area contributed by atoms with Crippen LogP contribution in [0.4, 0.5) is 0 Å². The second-order valence-corrected chi connectivity index (χ2v) is 6.51. The van der Waals surface area contributed by atoms with Crippen LogP contribution in [0, 0.1) is 5.92 Å². The summed E-state index contributed by atoms with van der Waals surface area (Å²) in [5.41, 5.74) is 3.46. The Balaban J connectivity index is 2.15. The average Bonchev–Trinajstić information content (AvgIpc) is 2.83. The Morgan fingerprint density at radius 3 is 2.80 bits per heavy atom. The van der Waals surface area contributed by atoms with Gasteiger partial charge in [-0.15, -0.1) is 0 Å². The number of hydrogen-bond donors (Lipinski definition) is 0. The van der Waals surface area contributed by atoms with Crippen molar-refractivity contribution in [3.8, 4) is 5.75 Å². The van der Waals surface area contributed by atoms with Crippen LogP contribution >= 0.6 is 0 Å². The van der Waals surface area contributed by atoms with E-state index in [1.165, 1.54) is 32.2 Å². The minimum Gasteiger partial charge on any atom is -0.497 e. The lowest BCUT2D eigenvalue weighted by atomic mass is 9.62. The predicted octanol–water partition coefficient (Wildman–Crippen LogP) is 3.63. The third-order valence-electron chi connectivity index (χ3n) is 6.00. The van der Waals surface area contributed by atoms with Crippen molar-refractivity contribution in [1.29, 1.82) is 0 Å². The Kier molecular flexibility index (Phi) is 3.53. The van der Waals surface area contributed by atoms with Crippen LogP contribution in [0.3, 0.4) is 0 Å². The van der Waals surface area contributed by atoms with Gasteiger partial charge in [-0.3, -0.25) is 0 Å². The molecule has 1 aromatic carbocycles. The summed E-state index contributed by atoms with van der Waals surface area (Å²) < 4.78 is 5.49. The Bertz CT molecular complexity index is 498. The van der Waals surface area contributed by atoms with Crippen LogP contribution in [0.25, 0.3) is 0 Å². The Hall–Kier alpha value is -1.02. The predicted molar refractivity (Wildman–Crippen MR) is 83.5 cm³/mol. The van der Waals surface area contributed by atoms with Gasteiger partial charge in [-0.05, 0) is 62.0 Å².